The third kappa shape index (κ3) is 4.55. The summed E-state index contributed by atoms with van der Waals surface area (Å²) >= 11 is 8.25. The predicted octanol–water partition coefficient (Wildman–Crippen LogP) is 4.64. The maximum absolute atomic E-state index is 13.5. The Kier molecular flexibility index (Phi) is 6.59. The third-order valence-electron chi connectivity index (χ3n) is 5.17. The largest absolute Gasteiger partial charge is 0.480 e. The Morgan fingerprint density at radius 2 is 1.91 bits per heavy atom. The van der Waals surface area contributed by atoms with Crippen molar-refractivity contribution in [2.45, 2.75) is 15.7 Å². The second kappa shape index (κ2) is 9.24. The van der Waals surface area contributed by atoms with Crippen LogP contribution in [0.5, 0.6) is 0 Å². The van der Waals surface area contributed by atoms with E-state index < -0.39 is 22.5 Å². The number of nitrogens with zero attached hydrogens (tertiary/aromatic N) is 3. The molecule has 4 rings (SSSR count). The molecule has 0 saturated heterocycles. The SMILES string of the molecule is O=C(O)CN(c1ccc2c(c1)CCN2c1ccncc1)S(=O)(=O)c1cc(Cl)cc(CI)c1. The molecule has 10 heteroatoms. The highest BCUT2D eigenvalue weighted by molar-refractivity contribution is 14.1. The molecular weight excluding hydrogens is 565 g/mol. The second-order valence-electron chi connectivity index (χ2n) is 7.25. The van der Waals surface area contributed by atoms with Crippen molar-refractivity contribution in [3.8, 4) is 0 Å². The summed E-state index contributed by atoms with van der Waals surface area (Å²) in [4.78, 5) is 17.7. The van der Waals surface area contributed by atoms with Gasteiger partial charge in [-0.15, -0.1) is 0 Å². The molecule has 2 heterocycles. The molecule has 2 aromatic carbocycles. The van der Waals surface area contributed by atoms with Crippen molar-refractivity contribution < 1.29 is 18.3 Å². The minimum Gasteiger partial charge on any atom is -0.480 e. The van der Waals surface area contributed by atoms with Gasteiger partial charge in [-0.2, -0.15) is 0 Å². The van der Waals surface area contributed by atoms with Crippen LogP contribution in [0, 0.1) is 0 Å². The molecule has 1 aliphatic heterocycles. The Labute approximate surface area is 204 Å². The average molecular weight is 584 g/mol. The lowest BCUT2D eigenvalue weighted by molar-refractivity contribution is -0.135. The summed E-state index contributed by atoms with van der Waals surface area (Å²) in [6.07, 6.45) is 4.15. The van der Waals surface area contributed by atoms with E-state index in [9.17, 15) is 18.3 Å². The zero-order chi connectivity index (χ0) is 22.9. The molecule has 0 aliphatic carbocycles. The molecule has 166 valence electrons. The number of carboxylic acid groups (broad SMARTS) is 1. The van der Waals surface area contributed by atoms with Gasteiger partial charge in [-0.1, -0.05) is 34.2 Å². The molecule has 1 aliphatic rings. The van der Waals surface area contributed by atoms with Crippen LogP contribution in [-0.2, 0) is 25.7 Å². The molecule has 1 N–H and O–H groups in total. The van der Waals surface area contributed by atoms with Crippen LogP contribution in [0.4, 0.5) is 17.1 Å². The summed E-state index contributed by atoms with van der Waals surface area (Å²) in [6.45, 7) is 0.0447. The van der Waals surface area contributed by atoms with E-state index in [0.717, 1.165) is 33.4 Å². The number of carboxylic acids is 1. The topological polar surface area (TPSA) is 90.8 Å². The van der Waals surface area contributed by atoms with Crippen molar-refractivity contribution >= 4 is 67.2 Å². The van der Waals surface area contributed by atoms with Crippen LogP contribution in [0.15, 0.2) is 65.8 Å². The summed E-state index contributed by atoms with van der Waals surface area (Å²) in [5.41, 5.74) is 3.95. The minimum atomic E-state index is -4.14. The Hall–Kier alpha value is -2.37. The summed E-state index contributed by atoms with van der Waals surface area (Å²) in [7, 11) is -4.14. The summed E-state index contributed by atoms with van der Waals surface area (Å²) in [5, 5.41) is 9.73. The van der Waals surface area contributed by atoms with Crippen molar-refractivity contribution in [1.29, 1.82) is 0 Å². The predicted molar refractivity (Wildman–Crippen MR) is 133 cm³/mol. The highest BCUT2D eigenvalue weighted by Crippen LogP contribution is 2.37. The lowest BCUT2D eigenvalue weighted by Crippen LogP contribution is -2.35. The Morgan fingerprint density at radius 1 is 1.16 bits per heavy atom. The Balaban J connectivity index is 1.75. The van der Waals surface area contributed by atoms with Crippen LogP contribution in [0.2, 0.25) is 5.02 Å². The molecule has 0 spiro atoms. The third-order valence-corrected chi connectivity index (χ3v) is 8.02. The molecule has 0 unspecified atom stereocenters. The highest BCUT2D eigenvalue weighted by atomic mass is 127. The molecule has 0 fully saturated rings. The molecule has 7 nitrogen and oxygen atoms in total. The maximum Gasteiger partial charge on any atom is 0.324 e. The first-order chi connectivity index (χ1) is 15.3. The maximum atomic E-state index is 13.5. The first-order valence-corrected chi connectivity index (χ1v) is 13.0. The van der Waals surface area contributed by atoms with Crippen molar-refractivity contribution in [3.63, 3.8) is 0 Å². The molecule has 0 atom stereocenters. The van der Waals surface area contributed by atoms with Crippen LogP contribution in [0.1, 0.15) is 11.1 Å². The average Bonchev–Trinajstić information content (AvgIpc) is 3.20. The number of hydrogen-bond donors (Lipinski definition) is 1. The molecule has 0 radical (unpaired) electrons. The zero-order valence-corrected chi connectivity index (χ0v) is 20.5. The van der Waals surface area contributed by atoms with Crippen molar-refractivity contribution in [2.75, 3.05) is 22.3 Å². The number of alkyl halides is 1. The fourth-order valence-corrected chi connectivity index (χ4v) is 6.01. The quantitative estimate of drug-likeness (QED) is 0.322. The summed E-state index contributed by atoms with van der Waals surface area (Å²) in [6, 6.07) is 13.6. The van der Waals surface area contributed by atoms with Gasteiger partial charge in [-0.25, -0.2) is 8.42 Å². The molecule has 0 bridgehead atoms. The van der Waals surface area contributed by atoms with Crippen LogP contribution >= 0.6 is 34.2 Å². The molecule has 32 heavy (non-hydrogen) atoms. The summed E-state index contributed by atoms with van der Waals surface area (Å²) < 4.78 is 28.4. The molecule has 3 aromatic rings. The van der Waals surface area contributed by atoms with Gasteiger partial charge in [-0.05, 0) is 66.1 Å². The van der Waals surface area contributed by atoms with Gasteiger partial charge in [0.1, 0.15) is 6.54 Å². The Morgan fingerprint density at radius 3 is 2.59 bits per heavy atom. The molecular formula is C22H19ClIN3O4S. The van der Waals surface area contributed by atoms with Gasteiger partial charge in [0, 0.05) is 39.8 Å². The first kappa shape index (κ1) is 22.8. The van der Waals surface area contributed by atoms with E-state index in [2.05, 4.69) is 32.5 Å². The van der Waals surface area contributed by atoms with Crippen LogP contribution in [0.3, 0.4) is 0 Å². The van der Waals surface area contributed by atoms with Gasteiger partial charge < -0.3 is 10.0 Å². The van der Waals surface area contributed by atoms with Gasteiger partial charge >= 0.3 is 5.97 Å². The van der Waals surface area contributed by atoms with Crippen LogP contribution in [-0.4, -0.2) is 37.6 Å². The highest BCUT2D eigenvalue weighted by Gasteiger charge is 2.30. The number of carbonyl (C=O) groups is 1. The molecule has 0 saturated carbocycles. The van der Waals surface area contributed by atoms with E-state index in [0.29, 0.717) is 16.5 Å². The molecule has 0 amide bonds. The smallest absolute Gasteiger partial charge is 0.324 e. The van der Waals surface area contributed by atoms with Gasteiger partial charge in [0.05, 0.1) is 10.6 Å². The number of benzene rings is 2. The number of rotatable bonds is 7. The van der Waals surface area contributed by atoms with Crippen molar-refractivity contribution in [3.05, 3.63) is 77.1 Å². The van der Waals surface area contributed by atoms with E-state index in [4.69, 9.17) is 11.6 Å². The number of hydrogen-bond acceptors (Lipinski definition) is 5. The number of aromatic nitrogens is 1. The van der Waals surface area contributed by atoms with Crippen molar-refractivity contribution in [2.24, 2.45) is 0 Å². The minimum absolute atomic E-state index is 0.0307. The lowest BCUT2D eigenvalue weighted by Gasteiger charge is -2.24. The first-order valence-electron chi connectivity index (χ1n) is 9.70. The van der Waals surface area contributed by atoms with Crippen molar-refractivity contribution in [1.82, 2.24) is 4.98 Å². The van der Waals surface area contributed by atoms with E-state index in [1.807, 2.05) is 18.2 Å². The monoisotopic (exact) mass is 583 g/mol. The number of sulfonamides is 1. The number of halogens is 2. The number of anilines is 3. The zero-order valence-electron chi connectivity index (χ0n) is 16.8. The van der Waals surface area contributed by atoms with Crippen LogP contribution in [0.25, 0.3) is 0 Å². The van der Waals surface area contributed by atoms with Gasteiger partial charge in [0.25, 0.3) is 10.0 Å². The van der Waals surface area contributed by atoms with Gasteiger partial charge in [0.15, 0.2) is 0 Å². The van der Waals surface area contributed by atoms with Gasteiger partial charge in [0.2, 0.25) is 0 Å². The van der Waals surface area contributed by atoms with E-state index in [-0.39, 0.29) is 9.92 Å². The van der Waals surface area contributed by atoms with E-state index in [1.54, 1.807) is 30.6 Å². The fourth-order valence-electron chi connectivity index (χ4n) is 3.75. The Bertz CT molecular complexity index is 1270. The fraction of sp³-hybridized carbons (Fsp3) is 0.182. The number of pyridine rings is 1. The van der Waals surface area contributed by atoms with Crippen LogP contribution < -0.4 is 9.21 Å². The van der Waals surface area contributed by atoms with Gasteiger partial charge in [-0.3, -0.25) is 14.1 Å². The standard InChI is InChI=1S/C22H19ClIN3O4S/c23-17-9-15(13-24)10-20(12-17)32(30,31)27(14-22(28)29)19-1-2-21-16(11-19)5-8-26(21)18-3-6-25-7-4-18/h1-4,6-7,9-12H,5,8,13-14H2,(H,28,29). The van der Waals surface area contributed by atoms with E-state index >= 15 is 0 Å². The summed E-state index contributed by atoms with van der Waals surface area (Å²) in [5.74, 6) is -1.25. The number of aliphatic carboxylic acids is 1. The normalized spacial score (nSPS) is 13.1. The number of fused-ring (bicyclic) bond motifs is 1. The second-order valence-corrected chi connectivity index (χ2v) is 10.3. The lowest BCUT2D eigenvalue weighted by atomic mass is 10.1. The molecule has 1 aromatic heterocycles. The van der Waals surface area contributed by atoms with E-state index in [1.165, 1.54) is 12.1 Å².